The molecule has 1 aromatic heterocycles. The number of aromatic nitrogens is 2. The average Bonchev–Trinajstić information content (AvgIpc) is 2.86. The molecular formula is C15H22N4O. The van der Waals surface area contributed by atoms with Crippen LogP contribution in [0.15, 0.2) is 18.3 Å². The van der Waals surface area contributed by atoms with Crippen LogP contribution in [0.3, 0.4) is 0 Å². The lowest BCUT2D eigenvalue weighted by molar-refractivity contribution is 0.149. The highest BCUT2D eigenvalue weighted by molar-refractivity contribution is 5.88. The molecule has 1 aliphatic carbocycles. The van der Waals surface area contributed by atoms with E-state index in [9.17, 15) is 5.11 Å². The van der Waals surface area contributed by atoms with Gasteiger partial charge in [-0.1, -0.05) is 19.8 Å². The minimum absolute atomic E-state index is 0.137. The number of nitrogen functional groups attached to an aromatic ring is 1. The molecule has 20 heavy (non-hydrogen) atoms. The Balaban J connectivity index is 1.92. The molecule has 0 amide bonds. The summed E-state index contributed by atoms with van der Waals surface area (Å²) in [5, 5.41) is 21.3. The van der Waals surface area contributed by atoms with E-state index >= 15 is 0 Å². The average molecular weight is 274 g/mol. The van der Waals surface area contributed by atoms with Crippen LogP contribution in [0.4, 0.5) is 11.4 Å². The molecule has 108 valence electrons. The van der Waals surface area contributed by atoms with Crippen LogP contribution in [0, 0.1) is 5.92 Å². The summed E-state index contributed by atoms with van der Waals surface area (Å²) in [5.74, 6) is 0.625. The summed E-state index contributed by atoms with van der Waals surface area (Å²) in [6.45, 7) is 2.38. The van der Waals surface area contributed by atoms with E-state index in [4.69, 9.17) is 5.73 Å². The number of nitrogens with two attached hydrogens (primary N) is 1. The zero-order chi connectivity index (χ0) is 14.2. The van der Waals surface area contributed by atoms with Crippen LogP contribution in [0.25, 0.3) is 10.9 Å². The van der Waals surface area contributed by atoms with Crippen molar-refractivity contribution in [1.29, 1.82) is 0 Å². The second-order valence-corrected chi connectivity index (χ2v) is 6.16. The smallest absolute Gasteiger partial charge is 0.0672 e. The van der Waals surface area contributed by atoms with E-state index in [-0.39, 0.29) is 12.1 Å². The van der Waals surface area contributed by atoms with Gasteiger partial charge in [0.05, 0.1) is 35.2 Å². The van der Waals surface area contributed by atoms with E-state index in [2.05, 4.69) is 22.4 Å². The van der Waals surface area contributed by atoms with Gasteiger partial charge in [-0.15, -0.1) is 0 Å². The topological polar surface area (TPSA) is 87.0 Å². The molecule has 2 aromatic rings. The molecular weight excluding hydrogens is 252 g/mol. The highest BCUT2D eigenvalue weighted by Crippen LogP contribution is 2.36. The fraction of sp³-hybridized carbons (Fsp3) is 0.533. The third-order valence-corrected chi connectivity index (χ3v) is 4.40. The lowest BCUT2D eigenvalue weighted by Crippen LogP contribution is -2.46. The molecule has 1 heterocycles. The molecule has 1 saturated carbocycles. The summed E-state index contributed by atoms with van der Waals surface area (Å²) in [4.78, 5) is 0. The molecule has 0 aliphatic heterocycles. The van der Waals surface area contributed by atoms with Crippen molar-refractivity contribution in [2.24, 2.45) is 5.92 Å². The van der Waals surface area contributed by atoms with Crippen molar-refractivity contribution in [3.8, 4) is 0 Å². The number of aromatic amines is 1. The van der Waals surface area contributed by atoms with Gasteiger partial charge in [0.1, 0.15) is 0 Å². The van der Waals surface area contributed by atoms with Crippen molar-refractivity contribution in [2.45, 2.75) is 38.1 Å². The molecule has 0 bridgehead atoms. The molecule has 0 radical (unpaired) electrons. The normalized spacial score (nSPS) is 26.8. The van der Waals surface area contributed by atoms with E-state index in [1.54, 1.807) is 6.20 Å². The van der Waals surface area contributed by atoms with Gasteiger partial charge < -0.3 is 16.2 Å². The molecule has 5 N–H and O–H groups in total. The fourth-order valence-electron chi connectivity index (χ4n) is 3.36. The predicted octanol–water partition coefficient (Wildman–Crippen LogP) is 2.50. The first-order chi connectivity index (χ1) is 9.62. The van der Waals surface area contributed by atoms with Crippen LogP contribution in [-0.2, 0) is 0 Å². The maximum atomic E-state index is 9.86. The molecule has 3 rings (SSSR count). The van der Waals surface area contributed by atoms with Gasteiger partial charge in [0.15, 0.2) is 0 Å². The largest absolute Gasteiger partial charge is 0.397 e. The van der Waals surface area contributed by atoms with Gasteiger partial charge in [-0.3, -0.25) is 5.10 Å². The van der Waals surface area contributed by atoms with Crippen molar-refractivity contribution >= 4 is 22.3 Å². The zero-order valence-corrected chi connectivity index (χ0v) is 11.8. The van der Waals surface area contributed by atoms with Crippen LogP contribution >= 0.6 is 0 Å². The summed E-state index contributed by atoms with van der Waals surface area (Å²) >= 11 is 0. The van der Waals surface area contributed by atoms with Gasteiger partial charge in [0.2, 0.25) is 0 Å². The van der Waals surface area contributed by atoms with E-state index in [0.717, 1.165) is 35.9 Å². The molecule has 2 unspecified atom stereocenters. The number of rotatable bonds is 3. The number of fused-ring (bicyclic) bond motifs is 1. The molecule has 2 atom stereocenters. The van der Waals surface area contributed by atoms with Gasteiger partial charge in [0.25, 0.3) is 0 Å². The zero-order valence-electron chi connectivity index (χ0n) is 11.8. The Labute approximate surface area is 118 Å². The summed E-state index contributed by atoms with van der Waals surface area (Å²) in [6.07, 6.45) is 6.09. The third-order valence-electron chi connectivity index (χ3n) is 4.40. The first-order valence-corrected chi connectivity index (χ1v) is 7.23. The first-order valence-electron chi connectivity index (χ1n) is 7.23. The predicted molar refractivity (Wildman–Crippen MR) is 81.6 cm³/mol. The molecule has 0 spiro atoms. The first kappa shape index (κ1) is 13.2. The Morgan fingerprint density at radius 3 is 3.15 bits per heavy atom. The second kappa shape index (κ2) is 4.98. The monoisotopic (exact) mass is 274 g/mol. The van der Waals surface area contributed by atoms with Gasteiger partial charge in [-0.25, -0.2) is 0 Å². The lowest BCUT2D eigenvalue weighted by Gasteiger charge is -2.40. The van der Waals surface area contributed by atoms with Crippen LogP contribution in [0.2, 0.25) is 0 Å². The summed E-state index contributed by atoms with van der Waals surface area (Å²) < 4.78 is 0. The number of hydrogen-bond acceptors (Lipinski definition) is 4. The van der Waals surface area contributed by atoms with Gasteiger partial charge >= 0.3 is 0 Å². The maximum Gasteiger partial charge on any atom is 0.0672 e. The SMILES string of the molecule is CC1CCCC(CO)(Nc2cc3[nH]ncc3cc2N)C1. The van der Waals surface area contributed by atoms with E-state index < -0.39 is 0 Å². The van der Waals surface area contributed by atoms with Gasteiger partial charge in [-0.2, -0.15) is 5.10 Å². The number of H-pyrrole nitrogens is 1. The van der Waals surface area contributed by atoms with E-state index in [1.165, 1.54) is 6.42 Å². The Hall–Kier alpha value is -1.75. The summed E-state index contributed by atoms with van der Waals surface area (Å²) in [5.41, 5.74) is 8.41. The Bertz CT molecular complexity index is 609. The number of benzene rings is 1. The number of aliphatic hydroxyl groups excluding tert-OH is 1. The minimum Gasteiger partial charge on any atom is -0.397 e. The highest BCUT2D eigenvalue weighted by Gasteiger charge is 2.34. The second-order valence-electron chi connectivity index (χ2n) is 6.16. The van der Waals surface area contributed by atoms with Gasteiger partial charge in [-0.05, 0) is 30.9 Å². The van der Waals surface area contributed by atoms with Crippen molar-refractivity contribution < 1.29 is 5.11 Å². The number of nitrogens with one attached hydrogen (secondary N) is 2. The third kappa shape index (κ3) is 2.33. The highest BCUT2D eigenvalue weighted by atomic mass is 16.3. The van der Waals surface area contributed by atoms with Crippen molar-refractivity contribution in [1.82, 2.24) is 10.2 Å². The summed E-state index contributed by atoms with van der Waals surface area (Å²) in [6, 6.07) is 3.90. The van der Waals surface area contributed by atoms with Crippen LogP contribution in [0.1, 0.15) is 32.6 Å². The number of anilines is 2. The van der Waals surface area contributed by atoms with Crippen LogP contribution in [-0.4, -0.2) is 27.4 Å². The van der Waals surface area contributed by atoms with E-state index in [0.29, 0.717) is 11.6 Å². The molecule has 1 fully saturated rings. The van der Waals surface area contributed by atoms with Crippen LogP contribution < -0.4 is 11.1 Å². The van der Waals surface area contributed by atoms with Crippen molar-refractivity contribution in [2.75, 3.05) is 17.7 Å². The number of nitrogens with zero attached hydrogens (tertiary/aromatic N) is 1. The molecule has 5 nitrogen and oxygen atoms in total. The van der Waals surface area contributed by atoms with Crippen LogP contribution in [0.5, 0.6) is 0 Å². The Kier molecular flexibility index (Phi) is 3.30. The Morgan fingerprint density at radius 1 is 1.55 bits per heavy atom. The molecule has 0 saturated heterocycles. The van der Waals surface area contributed by atoms with Gasteiger partial charge in [0, 0.05) is 5.39 Å². The number of aliphatic hydroxyl groups is 1. The minimum atomic E-state index is -0.251. The lowest BCUT2D eigenvalue weighted by atomic mass is 9.76. The molecule has 1 aromatic carbocycles. The molecule has 1 aliphatic rings. The maximum absolute atomic E-state index is 9.86. The summed E-state index contributed by atoms with van der Waals surface area (Å²) in [7, 11) is 0. The quantitative estimate of drug-likeness (QED) is 0.648. The van der Waals surface area contributed by atoms with Crippen molar-refractivity contribution in [3.05, 3.63) is 18.3 Å². The van der Waals surface area contributed by atoms with Crippen molar-refractivity contribution in [3.63, 3.8) is 0 Å². The molecule has 5 heteroatoms. The standard InChI is InChI=1S/C15H22N4O/c1-10-3-2-4-15(7-10,9-20)18-14-6-13-11(5-12(14)16)8-17-19-13/h5-6,8,10,18,20H,2-4,7,9,16H2,1H3,(H,17,19). The Morgan fingerprint density at radius 2 is 2.40 bits per heavy atom. The van der Waals surface area contributed by atoms with E-state index in [1.807, 2.05) is 12.1 Å². The number of hydrogen-bond donors (Lipinski definition) is 4. The fourth-order valence-corrected chi connectivity index (χ4v) is 3.36.